The quantitative estimate of drug-likeness (QED) is 0.921. The molecule has 0 radical (unpaired) electrons. The van der Waals surface area contributed by atoms with E-state index in [1.165, 1.54) is 36.9 Å². The molecule has 128 valence electrons. The number of ether oxygens (including phenoxy) is 1. The minimum atomic E-state index is 0.563. The first kappa shape index (κ1) is 16.1. The van der Waals surface area contributed by atoms with Crippen LogP contribution in [0.2, 0.25) is 0 Å². The molecule has 2 aliphatic heterocycles. The Morgan fingerprint density at radius 3 is 2.58 bits per heavy atom. The zero-order chi connectivity index (χ0) is 16.2. The number of thiazole rings is 1. The summed E-state index contributed by atoms with van der Waals surface area (Å²) in [5.41, 5.74) is 5.49. The highest BCUT2D eigenvalue weighted by atomic mass is 32.1. The van der Waals surface area contributed by atoms with Crippen LogP contribution in [0.15, 0.2) is 35.2 Å². The van der Waals surface area contributed by atoms with Crippen LogP contribution in [0.5, 0.6) is 0 Å². The number of benzene rings is 1. The van der Waals surface area contributed by atoms with E-state index in [0.717, 1.165) is 32.0 Å². The van der Waals surface area contributed by atoms with Crippen LogP contribution >= 0.6 is 11.3 Å². The van der Waals surface area contributed by atoms with Crippen molar-refractivity contribution < 1.29 is 4.74 Å². The number of rotatable bonds is 4. The summed E-state index contributed by atoms with van der Waals surface area (Å²) < 4.78 is 5.58. The second kappa shape index (κ2) is 7.64. The lowest BCUT2D eigenvalue weighted by Gasteiger charge is -2.36. The summed E-state index contributed by atoms with van der Waals surface area (Å²) in [4.78, 5) is 6.88. The van der Waals surface area contributed by atoms with Gasteiger partial charge in [-0.3, -0.25) is 0 Å². The third kappa shape index (κ3) is 3.79. The van der Waals surface area contributed by atoms with Crippen LogP contribution in [0.25, 0.3) is 11.3 Å². The summed E-state index contributed by atoms with van der Waals surface area (Å²) in [7, 11) is 0. The van der Waals surface area contributed by atoms with Gasteiger partial charge in [0.15, 0.2) is 0 Å². The van der Waals surface area contributed by atoms with E-state index in [0.29, 0.717) is 12.1 Å². The molecule has 1 aromatic carbocycles. The molecule has 2 saturated heterocycles. The number of hydrogen-bond donors (Lipinski definition) is 1. The molecule has 0 aliphatic carbocycles. The second-order valence-corrected chi connectivity index (χ2v) is 7.48. The van der Waals surface area contributed by atoms with E-state index < -0.39 is 0 Å². The molecule has 1 unspecified atom stereocenters. The van der Waals surface area contributed by atoms with Gasteiger partial charge in [0.1, 0.15) is 0 Å². The molecule has 1 N–H and O–H groups in total. The first-order valence-corrected chi connectivity index (χ1v) is 9.90. The minimum Gasteiger partial charge on any atom is -0.380 e. The molecule has 4 rings (SSSR count). The van der Waals surface area contributed by atoms with Gasteiger partial charge in [-0.15, -0.1) is 11.3 Å². The standard InChI is InChI=1S/C19H25N3OS/c1-2-17(12-23-11-1)21-16-7-9-22(10-8-16)18-5-3-15(4-6-18)19-13-24-14-20-19/h3-6,13-14,16-17,21H,1-2,7-12H2. The molecule has 5 heteroatoms. The van der Waals surface area contributed by atoms with Crippen molar-refractivity contribution >= 4 is 17.0 Å². The van der Waals surface area contributed by atoms with E-state index in [9.17, 15) is 0 Å². The lowest BCUT2D eigenvalue weighted by molar-refractivity contribution is 0.0650. The van der Waals surface area contributed by atoms with Crippen molar-refractivity contribution in [2.75, 3.05) is 31.2 Å². The highest BCUT2D eigenvalue weighted by Gasteiger charge is 2.23. The topological polar surface area (TPSA) is 37.4 Å². The number of hydrogen-bond acceptors (Lipinski definition) is 5. The predicted octanol–water partition coefficient (Wildman–Crippen LogP) is 3.55. The Balaban J connectivity index is 1.30. The SMILES string of the molecule is c1nc(-c2ccc(N3CCC(NC4CCCOC4)CC3)cc2)cs1. The molecule has 0 saturated carbocycles. The van der Waals surface area contributed by atoms with E-state index in [-0.39, 0.29) is 0 Å². The first-order chi connectivity index (χ1) is 11.9. The number of nitrogens with one attached hydrogen (secondary N) is 1. The summed E-state index contributed by atoms with van der Waals surface area (Å²) >= 11 is 1.64. The zero-order valence-electron chi connectivity index (χ0n) is 14.0. The monoisotopic (exact) mass is 343 g/mol. The smallest absolute Gasteiger partial charge is 0.0811 e. The summed E-state index contributed by atoms with van der Waals surface area (Å²) in [6.07, 6.45) is 4.88. The van der Waals surface area contributed by atoms with Crippen LogP contribution in [-0.2, 0) is 4.74 Å². The maximum absolute atomic E-state index is 5.58. The molecule has 2 aromatic rings. The molecule has 24 heavy (non-hydrogen) atoms. The van der Waals surface area contributed by atoms with Gasteiger partial charge in [0.25, 0.3) is 0 Å². The third-order valence-electron chi connectivity index (χ3n) is 5.09. The molecule has 0 spiro atoms. The van der Waals surface area contributed by atoms with Crippen molar-refractivity contribution in [1.29, 1.82) is 0 Å². The summed E-state index contributed by atoms with van der Waals surface area (Å²) in [6, 6.07) is 10.0. The maximum atomic E-state index is 5.58. The normalized spacial score (nSPS) is 22.7. The van der Waals surface area contributed by atoms with E-state index in [2.05, 4.69) is 44.8 Å². The predicted molar refractivity (Wildman–Crippen MR) is 99.8 cm³/mol. The Labute approximate surface area is 147 Å². The molecule has 1 aromatic heterocycles. The highest BCUT2D eigenvalue weighted by Crippen LogP contribution is 2.25. The number of aromatic nitrogens is 1. The Hall–Kier alpha value is -1.43. The molecule has 0 bridgehead atoms. The average molecular weight is 343 g/mol. The lowest BCUT2D eigenvalue weighted by atomic mass is 10.0. The van der Waals surface area contributed by atoms with Gasteiger partial charge in [0.05, 0.1) is 17.8 Å². The number of anilines is 1. The van der Waals surface area contributed by atoms with Crippen LogP contribution in [0.1, 0.15) is 25.7 Å². The summed E-state index contributed by atoms with van der Waals surface area (Å²) in [5, 5.41) is 5.90. The zero-order valence-corrected chi connectivity index (χ0v) is 14.8. The van der Waals surface area contributed by atoms with E-state index in [1.54, 1.807) is 11.3 Å². The Kier molecular flexibility index (Phi) is 5.11. The minimum absolute atomic E-state index is 0.563. The molecular weight excluding hydrogens is 318 g/mol. The number of nitrogens with zero attached hydrogens (tertiary/aromatic N) is 2. The van der Waals surface area contributed by atoms with Crippen molar-refractivity contribution in [2.24, 2.45) is 0 Å². The molecule has 3 heterocycles. The van der Waals surface area contributed by atoms with Gasteiger partial charge >= 0.3 is 0 Å². The molecule has 2 fully saturated rings. The molecule has 2 aliphatic rings. The fraction of sp³-hybridized carbons (Fsp3) is 0.526. The van der Waals surface area contributed by atoms with Gasteiger partial charge in [-0.25, -0.2) is 4.98 Å². The largest absolute Gasteiger partial charge is 0.380 e. The van der Waals surface area contributed by atoms with Gasteiger partial charge in [0.2, 0.25) is 0 Å². The number of piperidine rings is 1. The maximum Gasteiger partial charge on any atom is 0.0811 e. The van der Waals surface area contributed by atoms with Crippen molar-refractivity contribution in [1.82, 2.24) is 10.3 Å². The molecule has 1 atom stereocenters. The average Bonchev–Trinajstić information content (AvgIpc) is 3.18. The van der Waals surface area contributed by atoms with E-state index in [1.807, 2.05) is 5.51 Å². The van der Waals surface area contributed by atoms with Crippen LogP contribution in [0, 0.1) is 0 Å². The summed E-state index contributed by atoms with van der Waals surface area (Å²) in [5.74, 6) is 0. The van der Waals surface area contributed by atoms with Crippen molar-refractivity contribution in [3.05, 3.63) is 35.2 Å². The van der Waals surface area contributed by atoms with Gasteiger partial charge in [-0.1, -0.05) is 12.1 Å². The molecular formula is C19H25N3OS. The van der Waals surface area contributed by atoms with Crippen LogP contribution in [0.4, 0.5) is 5.69 Å². The van der Waals surface area contributed by atoms with Crippen LogP contribution < -0.4 is 10.2 Å². The summed E-state index contributed by atoms with van der Waals surface area (Å²) in [6.45, 7) is 4.08. The third-order valence-corrected chi connectivity index (χ3v) is 5.67. The van der Waals surface area contributed by atoms with Gasteiger partial charge < -0.3 is 15.0 Å². The van der Waals surface area contributed by atoms with Crippen LogP contribution in [0.3, 0.4) is 0 Å². The van der Waals surface area contributed by atoms with Crippen LogP contribution in [-0.4, -0.2) is 43.4 Å². The Morgan fingerprint density at radius 1 is 1.08 bits per heavy atom. The second-order valence-electron chi connectivity index (χ2n) is 6.76. The van der Waals surface area contributed by atoms with Crippen molar-refractivity contribution in [2.45, 2.75) is 37.8 Å². The van der Waals surface area contributed by atoms with Crippen molar-refractivity contribution in [3.8, 4) is 11.3 Å². The fourth-order valence-corrected chi connectivity index (χ4v) is 4.27. The van der Waals surface area contributed by atoms with E-state index >= 15 is 0 Å². The molecule has 4 nitrogen and oxygen atoms in total. The Bertz CT molecular complexity index is 615. The lowest BCUT2D eigenvalue weighted by Crippen LogP contribution is -2.48. The first-order valence-electron chi connectivity index (χ1n) is 8.96. The van der Waals surface area contributed by atoms with Gasteiger partial charge in [0, 0.05) is 48.4 Å². The highest BCUT2D eigenvalue weighted by molar-refractivity contribution is 7.07. The van der Waals surface area contributed by atoms with E-state index in [4.69, 9.17) is 4.74 Å². The van der Waals surface area contributed by atoms with Gasteiger partial charge in [-0.05, 0) is 37.8 Å². The fourth-order valence-electron chi connectivity index (χ4n) is 3.71. The molecule has 0 amide bonds. The van der Waals surface area contributed by atoms with Gasteiger partial charge in [-0.2, -0.15) is 0 Å². The van der Waals surface area contributed by atoms with Crippen molar-refractivity contribution in [3.63, 3.8) is 0 Å². The Morgan fingerprint density at radius 2 is 1.92 bits per heavy atom.